The molecule has 4 unspecified atom stereocenters. The van der Waals surface area contributed by atoms with Gasteiger partial charge in [-0.15, -0.1) is 0 Å². The Hall–Kier alpha value is -3.07. The largest absolute Gasteiger partial charge is 0.481 e. The van der Waals surface area contributed by atoms with Gasteiger partial charge in [0.25, 0.3) is 0 Å². The molecule has 14 nitrogen and oxygen atoms in total. The molecule has 0 radical (unpaired) electrons. The first kappa shape index (κ1) is 28.0. The van der Waals surface area contributed by atoms with Crippen LogP contribution in [0.3, 0.4) is 0 Å². The molecule has 0 aromatic rings. The Morgan fingerprint density at radius 3 is 2.33 bits per heavy atom. The average Bonchev–Trinajstić information content (AvgIpc) is 3.23. The summed E-state index contributed by atoms with van der Waals surface area (Å²) in [6.07, 6.45) is 0.636. The van der Waals surface area contributed by atoms with Crippen LogP contribution in [0, 0.1) is 0 Å². The molecular formula is C18H31N7O7S. The molecule has 0 spiro atoms. The molecule has 1 heterocycles. The van der Waals surface area contributed by atoms with Crippen molar-refractivity contribution in [3.63, 3.8) is 0 Å². The number of aliphatic carboxylic acids is 2. The minimum Gasteiger partial charge on any atom is -0.481 e. The first-order valence-electron chi connectivity index (χ1n) is 10.3. The van der Waals surface area contributed by atoms with E-state index in [-0.39, 0.29) is 31.1 Å². The normalized spacial score (nSPS) is 18.0. The number of carboxylic acids is 2. The molecule has 0 bridgehead atoms. The number of nitrogens with two attached hydrogens (primary N) is 3. The van der Waals surface area contributed by atoms with Crippen LogP contribution >= 0.6 is 12.6 Å². The highest BCUT2D eigenvalue weighted by atomic mass is 32.1. The molecule has 4 atom stereocenters. The Morgan fingerprint density at radius 2 is 1.79 bits per heavy atom. The van der Waals surface area contributed by atoms with E-state index < -0.39 is 60.2 Å². The van der Waals surface area contributed by atoms with Gasteiger partial charge in [0.1, 0.15) is 18.1 Å². The molecule has 1 rings (SSSR count). The van der Waals surface area contributed by atoms with Crippen LogP contribution in [0.25, 0.3) is 0 Å². The van der Waals surface area contributed by atoms with Gasteiger partial charge in [0, 0.05) is 18.8 Å². The molecule has 10 N–H and O–H groups in total. The summed E-state index contributed by atoms with van der Waals surface area (Å²) in [7, 11) is 0. The van der Waals surface area contributed by atoms with Gasteiger partial charge in [-0.3, -0.25) is 24.2 Å². The minimum atomic E-state index is -1.63. The summed E-state index contributed by atoms with van der Waals surface area (Å²) in [6, 6.07) is -4.61. The second kappa shape index (κ2) is 13.5. The lowest BCUT2D eigenvalue weighted by Gasteiger charge is -2.29. The highest BCUT2D eigenvalue weighted by molar-refractivity contribution is 7.80. The van der Waals surface area contributed by atoms with E-state index in [1.54, 1.807) is 0 Å². The van der Waals surface area contributed by atoms with E-state index in [1.165, 1.54) is 4.90 Å². The predicted molar refractivity (Wildman–Crippen MR) is 120 cm³/mol. The van der Waals surface area contributed by atoms with Crippen molar-refractivity contribution in [3.05, 3.63) is 0 Å². The Bertz CT molecular complexity index is 775. The van der Waals surface area contributed by atoms with E-state index in [2.05, 4.69) is 28.3 Å². The second-order valence-electron chi connectivity index (χ2n) is 7.49. The molecule has 0 saturated carbocycles. The fourth-order valence-corrected chi connectivity index (χ4v) is 3.51. The van der Waals surface area contributed by atoms with Crippen LogP contribution in [-0.4, -0.2) is 93.7 Å². The molecule has 1 saturated heterocycles. The van der Waals surface area contributed by atoms with E-state index >= 15 is 0 Å². The maximum absolute atomic E-state index is 13.0. The van der Waals surface area contributed by atoms with Gasteiger partial charge in [-0.1, -0.05) is 0 Å². The van der Waals surface area contributed by atoms with Crippen LogP contribution in [0.15, 0.2) is 4.99 Å². The number of nitrogens with one attached hydrogen (secondary N) is 2. The number of amides is 3. The summed E-state index contributed by atoms with van der Waals surface area (Å²) >= 11 is 4.11. The number of rotatable bonds is 13. The van der Waals surface area contributed by atoms with Gasteiger partial charge < -0.3 is 42.9 Å². The van der Waals surface area contributed by atoms with Crippen molar-refractivity contribution in [1.29, 1.82) is 0 Å². The van der Waals surface area contributed by atoms with Gasteiger partial charge in [-0.05, 0) is 25.7 Å². The van der Waals surface area contributed by atoms with Crippen molar-refractivity contribution >= 4 is 48.2 Å². The summed E-state index contributed by atoms with van der Waals surface area (Å²) in [5.41, 5.74) is 16.3. The standard InChI is InChI=1S/C18H31N7O7S/c19-9(3-1-5-22-18(20)21)14(28)24-11(8-33)16(30)25-6-2-4-12(25)15(29)23-10(17(31)32)7-13(26)27/h9-12,33H,1-8,19H2,(H,23,29)(H,24,28)(H,26,27)(H,31,32)(H4,20,21,22). The monoisotopic (exact) mass is 489 g/mol. The van der Waals surface area contributed by atoms with Crippen molar-refractivity contribution in [1.82, 2.24) is 15.5 Å². The molecule has 1 aliphatic heterocycles. The van der Waals surface area contributed by atoms with Gasteiger partial charge in [0.15, 0.2) is 5.96 Å². The van der Waals surface area contributed by atoms with E-state index in [9.17, 15) is 24.0 Å². The molecule has 0 aromatic heterocycles. The maximum Gasteiger partial charge on any atom is 0.326 e. The maximum atomic E-state index is 13.0. The highest BCUT2D eigenvalue weighted by Gasteiger charge is 2.39. The van der Waals surface area contributed by atoms with E-state index in [0.29, 0.717) is 19.4 Å². The number of carboxylic acid groups (broad SMARTS) is 2. The van der Waals surface area contributed by atoms with Crippen LogP contribution < -0.4 is 27.8 Å². The third-order valence-corrected chi connectivity index (χ3v) is 5.30. The molecule has 0 aromatic carbocycles. The molecular weight excluding hydrogens is 458 g/mol. The van der Waals surface area contributed by atoms with Crippen molar-refractivity contribution in [3.8, 4) is 0 Å². The van der Waals surface area contributed by atoms with Crippen LogP contribution in [-0.2, 0) is 24.0 Å². The number of hydrogen-bond acceptors (Lipinski definition) is 8. The summed E-state index contributed by atoms with van der Waals surface area (Å²) in [5, 5.41) is 22.6. The van der Waals surface area contributed by atoms with Crippen LogP contribution in [0.5, 0.6) is 0 Å². The van der Waals surface area contributed by atoms with E-state index in [0.717, 1.165) is 0 Å². The number of guanidine groups is 1. The highest BCUT2D eigenvalue weighted by Crippen LogP contribution is 2.19. The van der Waals surface area contributed by atoms with Gasteiger partial charge in [-0.2, -0.15) is 12.6 Å². The zero-order valence-electron chi connectivity index (χ0n) is 18.0. The second-order valence-corrected chi connectivity index (χ2v) is 7.85. The van der Waals surface area contributed by atoms with Crippen molar-refractivity contribution < 1.29 is 34.2 Å². The number of aliphatic imine (C=N–C) groups is 1. The summed E-state index contributed by atoms with van der Waals surface area (Å²) in [6.45, 7) is 0.500. The number of hydrogen-bond donors (Lipinski definition) is 8. The lowest BCUT2D eigenvalue weighted by atomic mass is 10.1. The number of carbonyl (C=O) groups is 5. The Morgan fingerprint density at radius 1 is 1.12 bits per heavy atom. The fourth-order valence-electron chi connectivity index (χ4n) is 3.26. The molecule has 1 fully saturated rings. The van der Waals surface area contributed by atoms with Crippen molar-refractivity contribution in [2.75, 3.05) is 18.8 Å². The number of likely N-dealkylation sites (tertiary alicyclic amines) is 1. The summed E-state index contributed by atoms with van der Waals surface area (Å²) < 4.78 is 0. The van der Waals surface area contributed by atoms with Gasteiger partial charge in [0.05, 0.1) is 12.5 Å². The third-order valence-electron chi connectivity index (χ3n) is 4.93. The third kappa shape index (κ3) is 9.13. The van der Waals surface area contributed by atoms with Crippen LogP contribution in [0.4, 0.5) is 0 Å². The Labute approximate surface area is 195 Å². The predicted octanol–water partition coefficient (Wildman–Crippen LogP) is -3.18. The quantitative estimate of drug-likeness (QED) is 0.0557. The van der Waals surface area contributed by atoms with Gasteiger partial charge >= 0.3 is 11.9 Å². The van der Waals surface area contributed by atoms with Gasteiger partial charge in [0.2, 0.25) is 17.7 Å². The van der Waals surface area contributed by atoms with Crippen molar-refractivity contribution in [2.24, 2.45) is 22.2 Å². The lowest BCUT2D eigenvalue weighted by molar-refractivity contribution is -0.148. The van der Waals surface area contributed by atoms with Crippen LogP contribution in [0.1, 0.15) is 32.1 Å². The molecule has 186 valence electrons. The minimum absolute atomic E-state index is 0.0626. The molecule has 3 amide bonds. The Kier molecular flexibility index (Phi) is 11.4. The smallest absolute Gasteiger partial charge is 0.326 e. The summed E-state index contributed by atoms with van der Waals surface area (Å²) in [4.78, 5) is 65.0. The topological polar surface area (TPSA) is 244 Å². The first-order chi connectivity index (χ1) is 15.5. The molecule has 0 aliphatic carbocycles. The average molecular weight is 490 g/mol. The zero-order valence-corrected chi connectivity index (χ0v) is 18.9. The number of carbonyl (C=O) groups excluding carboxylic acids is 3. The molecule has 15 heteroatoms. The summed E-state index contributed by atoms with van der Waals surface area (Å²) in [5.74, 6) is -4.97. The first-order valence-corrected chi connectivity index (χ1v) is 10.9. The van der Waals surface area contributed by atoms with Crippen LogP contribution in [0.2, 0.25) is 0 Å². The molecule has 1 aliphatic rings. The zero-order chi connectivity index (χ0) is 25.1. The number of nitrogens with zero attached hydrogens (tertiary/aromatic N) is 2. The SMILES string of the molecule is NC(N)=NCCCC(N)C(=O)NC(CS)C(=O)N1CCCC1C(=O)NC(CC(=O)O)C(=O)O. The van der Waals surface area contributed by atoms with E-state index in [4.69, 9.17) is 27.4 Å². The lowest BCUT2D eigenvalue weighted by Crippen LogP contribution is -2.57. The fraction of sp³-hybridized carbons (Fsp3) is 0.667. The Balaban J connectivity index is 2.75. The number of thiol groups is 1. The van der Waals surface area contributed by atoms with Crippen molar-refractivity contribution in [2.45, 2.75) is 56.3 Å². The molecule has 33 heavy (non-hydrogen) atoms. The van der Waals surface area contributed by atoms with E-state index in [1.807, 2.05) is 0 Å². The van der Waals surface area contributed by atoms with Gasteiger partial charge in [-0.25, -0.2) is 4.79 Å².